The molecule has 2 aromatic rings. The molecule has 0 saturated heterocycles. The van der Waals surface area contributed by atoms with E-state index in [1.54, 1.807) is 19.2 Å². The van der Waals surface area contributed by atoms with Gasteiger partial charge in [0.15, 0.2) is 17.6 Å². The minimum absolute atomic E-state index is 0.174. The molecule has 1 amide bonds. The van der Waals surface area contributed by atoms with Crippen molar-refractivity contribution in [1.82, 2.24) is 0 Å². The van der Waals surface area contributed by atoms with Crippen LogP contribution in [0.3, 0.4) is 0 Å². The number of fused-ring (bicyclic) bond motifs is 2. The van der Waals surface area contributed by atoms with Gasteiger partial charge >= 0.3 is 0 Å². The van der Waals surface area contributed by atoms with Crippen LogP contribution in [0.1, 0.15) is 12.0 Å². The van der Waals surface area contributed by atoms with Gasteiger partial charge in [-0.1, -0.05) is 6.07 Å². The first-order valence-corrected chi connectivity index (χ1v) is 7.77. The zero-order valence-electron chi connectivity index (χ0n) is 13.2. The Balaban J connectivity index is 1.48. The maximum Gasteiger partial charge on any atom is 0.265 e. The molecule has 2 heterocycles. The van der Waals surface area contributed by atoms with E-state index in [1.807, 2.05) is 24.3 Å². The van der Waals surface area contributed by atoms with Crippen LogP contribution in [0, 0.1) is 0 Å². The zero-order valence-corrected chi connectivity index (χ0v) is 13.2. The summed E-state index contributed by atoms with van der Waals surface area (Å²) >= 11 is 0. The van der Waals surface area contributed by atoms with E-state index in [1.165, 1.54) is 0 Å². The maximum atomic E-state index is 12.5. The topological polar surface area (TPSA) is 66.0 Å². The van der Waals surface area contributed by atoms with Crippen LogP contribution in [0.5, 0.6) is 23.0 Å². The van der Waals surface area contributed by atoms with Crippen molar-refractivity contribution in [3.05, 3.63) is 42.0 Å². The Morgan fingerprint density at radius 2 is 2.00 bits per heavy atom. The normalized spacial score (nSPS) is 17.6. The third-order valence-electron chi connectivity index (χ3n) is 4.13. The molecule has 124 valence electrons. The summed E-state index contributed by atoms with van der Waals surface area (Å²) in [5.74, 6) is 2.58. The largest absolute Gasteiger partial charge is 0.497 e. The van der Waals surface area contributed by atoms with Gasteiger partial charge in [-0.15, -0.1) is 0 Å². The molecule has 2 aliphatic heterocycles. The van der Waals surface area contributed by atoms with E-state index in [4.69, 9.17) is 18.9 Å². The van der Waals surface area contributed by atoms with Gasteiger partial charge in [0, 0.05) is 17.8 Å². The van der Waals surface area contributed by atoms with Crippen LogP contribution in [0.4, 0.5) is 5.69 Å². The number of carbonyl (C=O) groups is 1. The number of aryl methyl sites for hydroxylation is 1. The fraction of sp³-hybridized carbons (Fsp3) is 0.278. The van der Waals surface area contributed by atoms with Gasteiger partial charge in [-0.05, 0) is 36.6 Å². The van der Waals surface area contributed by atoms with Crippen molar-refractivity contribution in [2.24, 2.45) is 0 Å². The smallest absolute Gasteiger partial charge is 0.265 e. The predicted octanol–water partition coefficient (Wildman–Crippen LogP) is 2.76. The SMILES string of the molecule is COc1cccc(NC(=O)C2CCc3cc4c(cc3O2)OCO4)c1. The van der Waals surface area contributed by atoms with E-state index in [0.29, 0.717) is 29.4 Å². The van der Waals surface area contributed by atoms with Crippen molar-refractivity contribution in [3.63, 3.8) is 0 Å². The molecule has 0 aromatic heterocycles. The molecule has 4 rings (SSSR count). The fourth-order valence-electron chi connectivity index (χ4n) is 2.88. The van der Waals surface area contributed by atoms with Crippen LogP contribution in [0.25, 0.3) is 0 Å². The van der Waals surface area contributed by atoms with Crippen LogP contribution < -0.4 is 24.3 Å². The number of hydrogen-bond donors (Lipinski definition) is 1. The summed E-state index contributed by atoms with van der Waals surface area (Å²) in [6.45, 7) is 0.220. The highest BCUT2D eigenvalue weighted by Crippen LogP contribution is 2.40. The van der Waals surface area contributed by atoms with E-state index in [2.05, 4.69) is 5.32 Å². The summed E-state index contributed by atoms with van der Waals surface area (Å²) < 4.78 is 21.8. The van der Waals surface area contributed by atoms with Gasteiger partial charge in [0.2, 0.25) is 6.79 Å². The molecule has 0 spiro atoms. The van der Waals surface area contributed by atoms with Gasteiger partial charge in [-0.2, -0.15) is 0 Å². The van der Waals surface area contributed by atoms with Crippen molar-refractivity contribution in [1.29, 1.82) is 0 Å². The quantitative estimate of drug-likeness (QED) is 0.939. The fourth-order valence-corrected chi connectivity index (χ4v) is 2.88. The number of benzene rings is 2. The lowest BCUT2D eigenvalue weighted by atomic mass is 10.0. The number of methoxy groups -OCH3 is 1. The summed E-state index contributed by atoms with van der Waals surface area (Å²) in [6, 6.07) is 11.0. The highest BCUT2D eigenvalue weighted by Gasteiger charge is 2.28. The van der Waals surface area contributed by atoms with Crippen LogP contribution in [-0.4, -0.2) is 25.9 Å². The second-order valence-electron chi connectivity index (χ2n) is 5.68. The molecule has 6 nitrogen and oxygen atoms in total. The van der Waals surface area contributed by atoms with Gasteiger partial charge < -0.3 is 24.3 Å². The Bertz CT molecular complexity index is 789. The molecule has 2 aliphatic rings. The van der Waals surface area contributed by atoms with Crippen molar-refractivity contribution < 1.29 is 23.7 Å². The van der Waals surface area contributed by atoms with Gasteiger partial charge in [0.05, 0.1) is 7.11 Å². The molecule has 0 saturated carbocycles. The first kappa shape index (κ1) is 14.7. The number of ether oxygens (including phenoxy) is 4. The Morgan fingerprint density at radius 1 is 1.17 bits per heavy atom. The summed E-state index contributed by atoms with van der Waals surface area (Å²) in [5.41, 5.74) is 1.71. The van der Waals surface area contributed by atoms with Crippen molar-refractivity contribution in [3.8, 4) is 23.0 Å². The molecule has 0 radical (unpaired) electrons. The van der Waals surface area contributed by atoms with Crippen molar-refractivity contribution in [2.45, 2.75) is 18.9 Å². The molecule has 0 fully saturated rings. The molecular weight excluding hydrogens is 310 g/mol. The molecule has 2 aromatic carbocycles. The molecule has 1 N–H and O–H groups in total. The lowest BCUT2D eigenvalue weighted by Gasteiger charge is -2.25. The van der Waals surface area contributed by atoms with Gasteiger partial charge in [-0.25, -0.2) is 0 Å². The van der Waals surface area contributed by atoms with Gasteiger partial charge in [0.1, 0.15) is 11.5 Å². The number of carbonyl (C=O) groups excluding carboxylic acids is 1. The second kappa shape index (κ2) is 5.96. The summed E-state index contributed by atoms with van der Waals surface area (Å²) in [5, 5.41) is 2.87. The van der Waals surface area contributed by atoms with Gasteiger partial charge in [0.25, 0.3) is 5.91 Å². The lowest BCUT2D eigenvalue weighted by Crippen LogP contribution is -2.35. The summed E-state index contributed by atoms with van der Waals surface area (Å²) in [4.78, 5) is 12.5. The maximum absolute atomic E-state index is 12.5. The number of hydrogen-bond acceptors (Lipinski definition) is 5. The second-order valence-corrected chi connectivity index (χ2v) is 5.68. The summed E-state index contributed by atoms with van der Waals surface area (Å²) in [6.07, 6.45) is 0.828. The number of rotatable bonds is 3. The Morgan fingerprint density at radius 3 is 2.83 bits per heavy atom. The lowest BCUT2D eigenvalue weighted by molar-refractivity contribution is -0.123. The Hall–Kier alpha value is -2.89. The van der Waals surface area contributed by atoms with E-state index in [0.717, 1.165) is 17.7 Å². The van der Waals surface area contributed by atoms with E-state index < -0.39 is 6.10 Å². The highest BCUT2D eigenvalue weighted by molar-refractivity contribution is 5.94. The molecule has 0 bridgehead atoms. The van der Waals surface area contributed by atoms with Crippen molar-refractivity contribution in [2.75, 3.05) is 19.2 Å². The molecule has 6 heteroatoms. The number of amides is 1. The van der Waals surface area contributed by atoms with Crippen LogP contribution >= 0.6 is 0 Å². The standard InChI is InChI=1S/C18H17NO5/c1-21-13-4-2-3-12(8-13)19-18(20)14-6-5-11-7-16-17(23-10-22-16)9-15(11)24-14/h2-4,7-9,14H,5-6,10H2,1H3,(H,19,20). The molecule has 1 atom stereocenters. The predicted molar refractivity (Wildman–Crippen MR) is 86.9 cm³/mol. The summed E-state index contributed by atoms with van der Waals surface area (Å²) in [7, 11) is 1.59. The molecule has 0 aliphatic carbocycles. The third kappa shape index (κ3) is 2.71. The Labute approximate surface area is 139 Å². The zero-order chi connectivity index (χ0) is 16.5. The first-order valence-electron chi connectivity index (χ1n) is 7.77. The average Bonchev–Trinajstić information content (AvgIpc) is 3.06. The third-order valence-corrected chi connectivity index (χ3v) is 4.13. The van der Waals surface area contributed by atoms with E-state index >= 15 is 0 Å². The minimum atomic E-state index is -0.538. The molecule has 1 unspecified atom stereocenters. The number of nitrogens with one attached hydrogen (secondary N) is 1. The minimum Gasteiger partial charge on any atom is -0.497 e. The monoisotopic (exact) mass is 327 g/mol. The Kier molecular flexibility index (Phi) is 3.65. The van der Waals surface area contributed by atoms with Crippen molar-refractivity contribution >= 4 is 11.6 Å². The molecular formula is C18H17NO5. The van der Waals surface area contributed by atoms with E-state index in [9.17, 15) is 4.79 Å². The first-order chi connectivity index (χ1) is 11.7. The number of anilines is 1. The molecule has 24 heavy (non-hydrogen) atoms. The van der Waals surface area contributed by atoms with Crippen LogP contribution in [-0.2, 0) is 11.2 Å². The van der Waals surface area contributed by atoms with Crippen LogP contribution in [0.15, 0.2) is 36.4 Å². The van der Waals surface area contributed by atoms with Crippen LogP contribution in [0.2, 0.25) is 0 Å². The van der Waals surface area contributed by atoms with Gasteiger partial charge in [-0.3, -0.25) is 4.79 Å². The van der Waals surface area contributed by atoms with E-state index in [-0.39, 0.29) is 12.7 Å². The average molecular weight is 327 g/mol. The highest BCUT2D eigenvalue weighted by atomic mass is 16.7.